The van der Waals surface area contributed by atoms with Crippen molar-refractivity contribution in [3.8, 4) is 0 Å². The maximum atomic E-state index is 12.2. The van der Waals surface area contributed by atoms with Crippen LogP contribution >= 0.6 is 11.3 Å². The van der Waals surface area contributed by atoms with Gasteiger partial charge in [-0.2, -0.15) is 0 Å². The van der Waals surface area contributed by atoms with Gasteiger partial charge in [0.2, 0.25) is 5.13 Å². The van der Waals surface area contributed by atoms with Crippen LogP contribution in [-0.2, 0) is 11.2 Å². The van der Waals surface area contributed by atoms with Gasteiger partial charge in [-0.3, -0.25) is 5.32 Å². The summed E-state index contributed by atoms with van der Waals surface area (Å²) in [6.45, 7) is 9.43. The van der Waals surface area contributed by atoms with Crippen molar-refractivity contribution in [2.24, 2.45) is 17.3 Å². The lowest BCUT2D eigenvalue weighted by Gasteiger charge is -2.59. The van der Waals surface area contributed by atoms with Crippen molar-refractivity contribution in [3.63, 3.8) is 0 Å². The molecule has 0 saturated heterocycles. The summed E-state index contributed by atoms with van der Waals surface area (Å²) in [6.07, 6.45) is 2.89. The summed E-state index contributed by atoms with van der Waals surface area (Å²) in [5, 5.41) is 15.2. The molecule has 3 aliphatic carbocycles. The van der Waals surface area contributed by atoms with Crippen molar-refractivity contribution < 1.29 is 9.53 Å². The van der Waals surface area contributed by atoms with E-state index in [1.807, 2.05) is 0 Å². The first-order valence-corrected chi connectivity index (χ1v) is 8.81. The molecule has 1 aromatic heterocycles. The minimum absolute atomic E-state index is 0.0626. The Balaban J connectivity index is 1.52. The maximum absolute atomic E-state index is 12.2. The average molecular weight is 336 g/mol. The Morgan fingerprint density at radius 1 is 1.43 bits per heavy atom. The standard InChI is InChI=1S/C16H24N4O2S/c1-9-11-7-10(16(11,2)3)8-12(9)17-14(21)18-15-20-19-13(23-15)5-6-22-4/h10-12H,1,5-8H2,2-4H3,(H2,17,18,20,21)/t10-,11+,12?/m1/s1. The van der Waals surface area contributed by atoms with Crippen molar-refractivity contribution in [1.82, 2.24) is 15.5 Å². The fraction of sp³-hybridized carbons (Fsp3) is 0.688. The van der Waals surface area contributed by atoms with Crippen molar-refractivity contribution in [2.75, 3.05) is 19.0 Å². The Labute approximate surface area is 140 Å². The number of nitrogens with zero attached hydrogens (tertiary/aromatic N) is 2. The molecule has 0 spiro atoms. The predicted molar refractivity (Wildman–Crippen MR) is 90.6 cm³/mol. The van der Waals surface area contributed by atoms with Crippen LogP contribution in [0.5, 0.6) is 0 Å². The number of aromatic nitrogens is 2. The first kappa shape index (κ1) is 16.4. The lowest BCUT2D eigenvalue weighted by molar-refractivity contribution is -0.0367. The summed E-state index contributed by atoms with van der Waals surface area (Å²) in [4.78, 5) is 12.2. The van der Waals surface area contributed by atoms with Crippen LogP contribution in [0.4, 0.5) is 9.93 Å². The molecule has 0 aliphatic heterocycles. The molecule has 2 amide bonds. The highest BCUT2D eigenvalue weighted by Gasteiger charge is 2.54. The zero-order valence-electron chi connectivity index (χ0n) is 13.9. The topological polar surface area (TPSA) is 76.1 Å². The molecule has 6 nitrogen and oxygen atoms in total. The van der Waals surface area contributed by atoms with E-state index >= 15 is 0 Å². The fourth-order valence-corrected chi connectivity index (χ4v) is 4.48. The van der Waals surface area contributed by atoms with E-state index in [2.05, 4.69) is 41.3 Å². The van der Waals surface area contributed by atoms with E-state index in [1.165, 1.54) is 17.8 Å². The maximum Gasteiger partial charge on any atom is 0.321 e. The monoisotopic (exact) mass is 336 g/mol. The number of ether oxygens (including phenoxy) is 1. The van der Waals surface area contributed by atoms with E-state index in [-0.39, 0.29) is 12.1 Å². The lowest BCUT2D eigenvalue weighted by atomic mass is 9.46. The molecule has 3 fully saturated rings. The van der Waals surface area contributed by atoms with Gasteiger partial charge in [0.15, 0.2) is 0 Å². The van der Waals surface area contributed by atoms with Gasteiger partial charge in [-0.15, -0.1) is 10.2 Å². The van der Waals surface area contributed by atoms with Crippen molar-refractivity contribution >= 4 is 22.5 Å². The molecule has 2 bridgehead atoms. The molecular weight excluding hydrogens is 312 g/mol. The van der Waals surface area contributed by atoms with E-state index in [4.69, 9.17) is 4.74 Å². The van der Waals surface area contributed by atoms with Crippen LogP contribution in [0.3, 0.4) is 0 Å². The second kappa shape index (κ2) is 6.20. The summed E-state index contributed by atoms with van der Waals surface area (Å²) >= 11 is 1.38. The third-order valence-electron chi connectivity index (χ3n) is 5.40. The molecule has 3 atom stereocenters. The number of amides is 2. The van der Waals surface area contributed by atoms with E-state index in [1.54, 1.807) is 7.11 Å². The Kier molecular flexibility index (Phi) is 4.42. The van der Waals surface area contributed by atoms with Crippen molar-refractivity contribution in [2.45, 2.75) is 39.2 Å². The summed E-state index contributed by atoms with van der Waals surface area (Å²) < 4.78 is 5.01. The molecule has 3 saturated carbocycles. The van der Waals surface area contributed by atoms with E-state index in [0.29, 0.717) is 35.4 Å². The van der Waals surface area contributed by atoms with Crippen LogP contribution in [0.1, 0.15) is 31.7 Å². The van der Waals surface area contributed by atoms with Gasteiger partial charge in [0.25, 0.3) is 0 Å². The van der Waals surface area contributed by atoms with Gasteiger partial charge in [-0.25, -0.2) is 4.79 Å². The van der Waals surface area contributed by atoms with Gasteiger partial charge in [-0.05, 0) is 30.1 Å². The number of urea groups is 1. The minimum Gasteiger partial charge on any atom is -0.384 e. The lowest BCUT2D eigenvalue weighted by Crippen LogP contribution is -2.57. The first-order chi connectivity index (χ1) is 10.9. The molecular formula is C16H24N4O2S. The quantitative estimate of drug-likeness (QED) is 0.811. The molecule has 0 aromatic carbocycles. The van der Waals surface area contributed by atoms with Crippen molar-refractivity contribution in [3.05, 3.63) is 17.2 Å². The number of hydrogen-bond acceptors (Lipinski definition) is 5. The highest BCUT2D eigenvalue weighted by molar-refractivity contribution is 7.15. The van der Waals surface area contributed by atoms with Crippen LogP contribution in [0, 0.1) is 17.3 Å². The molecule has 3 aliphatic rings. The third-order valence-corrected chi connectivity index (χ3v) is 6.30. The number of carbonyl (C=O) groups excluding carboxylic acids is 1. The number of anilines is 1. The summed E-state index contributed by atoms with van der Waals surface area (Å²) in [6, 6.07) is -0.169. The third kappa shape index (κ3) is 3.12. The molecule has 7 heteroatoms. The van der Waals surface area contributed by atoms with Gasteiger partial charge in [0.1, 0.15) is 5.01 Å². The number of nitrogens with one attached hydrogen (secondary N) is 2. The van der Waals surface area contributed by atoms with Crippen molar-refractivity contribution in [1.29, 1.82) is 0 Å². The molecule has 1 heterocycles. The SMILES string of the molecule is C=C1C(NC(=O)Nc2nnc(CCOC)s2)C[C@H]2C[C@@H]1C2(C)C. The van der Waals surface area contributed by atoms with Gasteiger partial charge < -0.3 is 10.1 Å². The Morgan fingerprint density at radius 2 is 2.22 bits per heavy atom. The number of fused-ring (bicyclic) bond motifs is 2. The Morgan fingerprint density at radius 3 is 2.87 bits per heavy atom. The second-order valence-electron chi connectivity index (χ2n) is 7.01. The second-order valence-corrected chi connectivity index (χ2v) is 8.07. The average Bonchev–Trinajstić information content (AvgIpc) is 2.93. The molecule has 4 rings (SSSR count). The number of methoxy groups -OCH3 is 1. The molecule has 1 unspecified atom stereocenters. The van der Waals surface area contributed by atoms with Crippen LogP contribution < -0.4 is 10.6 Å². The van der Waals surface area contributed by atoms with Gasteiger partial charge in [0, 0.05) is 13.5 Å². The highest BCUT2D eigenvalue weighted by atomic mass is 32.1. The smallest absolute Gasteiger partial charge is 0.321 e. The molecule has 23 heavy (non-hydrogen) atoms. The number of carbonyl (C=O) groups is 1. The summed E-state index contributed by atoms with van der Waals surface area (Å²) in [5.41, 5.74) is 1.49. The number of hydrogen-bond donors (Lipinski definition) is 2. The van der Waals surface area contributed by atoms with Gasteiger partial charge in [0.05, 0.1) is 12.6 Å². The van der Waals surface area contributed by atoms with Crippen LogP contribution in [-0.4, -0.2) is 36.0 Å². The molecule has 126 valence electrons. The summed E-state index contributed by atoms with van der Waals surface area (Å²) in [7, 11) is 1.65. The predicted octanol–water partition coefficient (Wildman–Crippen LogP) is 2.84. The van der Waals surface area contributed by atoms with E-state index in [0.717, 1.165) is 17.0 Å². The van der Waals surface area contributed by atoms with E-state index < -0.39 is 0 Å². The van der Waals surface area contributed by atoms with Crippen LogP contribution in [0.2, 0.25) is 0 Å². The zero-order chi connectivity index (χ0) is 16.6. The van der Waals surface area contributed by atoms with Crippen LogP contribution in [0.15, 0.2) is 12.2 Å². The molecule has 0 radical (unpaired) electrons. The largest absolute Gasteiger partial charge is 0.384 e. The van der Waals surface area contributed by atoms with E-state index in [9.17, 15) is 4.79 Å². The zero-order valence-corrected chi connectivity index (χ0v) is 14.7. The highest BCUT2D eigenvalue weighted by Crippen LogP contribution is 2.60. The molecule has 1 aromatic rings. The summed E-state index contributed by atoms with van der Waals surface area (Å²) in [5.74, 6) is 1.19. The fourth-order valence-electron chi connectivity index (χ4n) is 3.76. The van der Waals surface area contributed by atoms with Gasteiger partial charge in [-0.1, -0.05) is 37.3 Å². The molecule has 2 N–H and O–H groups in total. The Bertz CT molecular complexity index is 613. The van der Waals surface area contributed by atoms with Crippen LogP contribution in [0.25, 0.3) is 0 Å². The Hall–Kier alpha value is -1.47. The first-order valence-electron chi connectivity index (χ1n) is 7.99. The van der Waals surface area contributed by atoms with Gasteiger partial charge >= 0.3 is 6.03 Å². The minimum atomic E-state index is -0.232. The normalized spacial score (nSPS) is 28.1. The number of rotatable bonds is 5.